The fourth-order valence-electron chi connectivity index (χ4n) is 18.9. The number of para-hydroxylation sites is 4. The normalized spacial score (nSPS) is 37.0. The van der Waals surface area contributed by atoms with Gasteiger partial charge in [-0.2, -0.15) is 0 Å². The molecule has 0 radical (unpaired) electrons. The second-order valence-corrected chi connectivity index (χ2v) is 26.3. The summed E-state index contributed by atoms with van der Waals surface area (Å²) in [6.07, 6.45) is 35.2. The van der Waals surface area contributed by atoms with Crippen molar-refractivity contribution >= 4 is 34.0 Å². The van der Waals surface area contributed by atoms with Crippen molar-refractivity contribution in [2.24, 2.45) is 23.7 Å². The number of carboxylic acids is 2. The zero-order valence-corrected chi connectivity index (χ0v) is 44.6. The molecule has 14 atom stereocenters. The molecule has 6 saturated heterocycles. The topological polar surface area (TPSA) is 123 Å². The Labute approximate surface area is 441 Å². The van der Waals surface area contributed by atoms with Crippen molar-refractivity contribution in [1.29, 1.82) is 0 Å². The minimum absolute atomic E-state index is 0.142. The molecule has 4 saturated carbocycles. The van der Waals surface area contributed by atoms with Crippen molar-refractivity contribution in [3.05, 3.63) is 60.2 Å². The summed E-state index contributed by atoms with van der Waals surface area (Å²) in [5, 5.41) is 18.8. The maximum atomic E-state index is 11.4. The lowest BCUT2D eigenvalue weighted by Crippen LogP contribution is -2.58. The van der Waals surface area contributed by atoms with Crippen LogP contribution in [0.1, 0.15) is 203 Å². The van der Waals surface area contributed by atoms with Crippen LogP contribution in [0.25, 0.3) is 22.1 Å². The van der Waals surface area contributed by atoms with E-state index in [1.54, 1.807) is 0 Å². The zero-order chi connectivity index (χ0) is 49.9. The number of aromatic nitrogens is 4. The molecule has 12 heteroatoms. The molecule has 74 heavy (non-hydrogen) atoms. The van der Waals surface area contributed by atoms with Crippen LogP contribution >= 0.6 is 0 Å². The molecule has 4 aliphatic carbocycles. The highest BCUT2D eigenvalue weighted by Gasteiger charge is 2.48. The lowest BCUT2D eigenvalue weighted by molar-refractivity contribution is -0.139. The molecule has 2 aromatic heterocycles. The van der Waals surface area contributed by atoms with E-state index in [-0.39, 0.29) is 13.1 Å². The predicted octanol–water partition coefficient (Wildman–Crippen LogP) is 11.7. The van der Waals surface area contributed by atoms with Crippen LogP contribution in [0.15, 0.2) is 48.5 Å². The van der Waals surface area contributed by atoms with Crippen LogP contribution in [0, 0.1) is 23.7 Å². The van der Waals surface area contributed by atoms with Gasteiger partial charge in [0.15, 0.2) is 0 Å². The molecule has 6 aliphatic heterocycles. The molecule has 10 fully saturated rings. The van der Waals surface area contributed by atoms with E-state index in [1.165, 1.54) is 164 Å². The Kier molecular flexibility index (Phi) is 14.5. The third kappa shape index (κ3) is 10.1. The van der Waals surface area contributed by atoms with Crippen LogP contribution in [0.4, 0.5) is 0 Å². The standard InChI is InChI=1S/2C31H44N4O2/c2*36-30(37)20-33-13-5-8-23(19-33)31-32-28-11-1-2-12-29(28)35(31)27-17-24-9-4-10-25(18-27)34(24)26-15-21-6-3-7-22(14-21)16-26/h2*1-2,11-12,21-27H,3-10,13-20H2,(H,36,37)/t2*21-,22+,23-,24-,25+,26?,27?/m10/s1. The highest BCUT2D eigenvalue weighted by atomic mass is 16.4. The Balaban J connectivity index is 0.000000143. The van der Waals surface area contributed by atoms with Crippen molar-refractivity contribution < 1.29 is 19.8 Å². The maximum Gasteiger partial charge on any atom is 0.317 e. The van der Waals surface area contributed by atoms with E-state index in [0.717, 1.165) is 98.7 Å². The van der Waals surface area contributed by atoms with Crippen LogP contribution in [-0.4, -0.2) is 136 Å². The van der Waals surface area contributed by atoms with Gasteiger partial charge in [0.2, 0.25) is 0 Å². The van der Waals surface area contributed by atoms with E-state index < -0.39 is 11.9 Å². The van der Waals surface area contributed by atoms with Gasteiger partial charge in [0.1, 0.15) is 11.6 Å². The Bertz CT molecular complexity index is 2380. The molecule has 2 aromatic carbocycles. The summed E-state index contributed by atoms with van der Waals surface area (Å²) in [6.45, 7) is 3.67. The van der Waals surface area contributed by atoms with Gasteiger partial charge in [-0.05, 0) is 177 Å². The van der Waals surface area contributed by atoms with Crippen molar-refractivity contribution in [2.45, 2.75) is 227 Å². The third-order valence-electron chi connectivity index (χ3n) is 21.5. The van der Waals surface area contributed by atoms with Crippen LogP contribution in [-0.2, 0) is 9.59 Å². The summed E-state index contributed by atoms with van der Waals surface area (Å²) in [7, 11) is 0. The second-order valence-electron chi connectivity index (χ2n) is 26.3. The first-order valence-corrected chi connectivity index (χ1v) is 30.6. The van der Waals surface area contributed by atoms with Gasteiger partial charge in [0.05, 0.1) is 35.2 Å². The number of carboxylic acid groups (broad SMARTS) is 2. The number of rotatable bonds is 10. The number of fused-ring (bicyclic) bond motifs is 10. The van der Waals surface area contributed by atoms with E-state index in [2.05, 4.69) is 77.3 Å². The first kappa shape index (κ1) is 49.7. The van der Waals surface area contributed by atoms with E-state index in [0.29, 0.717) is 48.1 Å². The zero-order valence-electron chi connectivity index (χ0n) is 44.6. The van der Waals surface area contributed by atoms with E-state index in [1.807, 2.05) is 0 Å². The monoisotopic (exact) mass is 1010 g/mol. The quantitative estimate of drug-likeness (QED) is 0.159. The number of hydrogen-bond donors (Lipinski definition) is 2. The van der Waals surface area contributed by atoms with Crippen molar-refractivity contribution in [2.75, 3.05) is 39.3 Å². The predicted molar refractivity (Wildman–Crippen MR) is 292 cm³/mol. The molecule has 12 nitrogen and oxygen atoms in total. The Morgan fingerprint density at radius 2 is 0.784 bits per heavy atom. The van der Waals surface area contributed by atoms with Crippen LogP contribution in [0.2, 0.25) is 0 Å². The molecule has 8 bridgehead atoms. The Morgan fingerprint density at radius 1 is 0.419 bits per heavy atom. The Hall–Kier alpha value is -3.84. The number of aliphatic carboxylic acids is 2. The molecule has 8 heterocycles. The van der Waals surface area contributed by atoms with Gasteiger partial charge in [0.25, 0.3) is 0 Å². The summed E-state index contributed by atoms with van der Waals surface area (Å²) in [5.41, 5.74) is 4.80. The van der Waals surface area contributed by atoms with Gasteiger partial charge in [-0.15, -0.1) is 0 Å². The summed E-state index contributed by atoms with van der Waals surface area (Å²) in [6, 6.07) is 22.9. The number of piperidine rings is 6. The number of hydrogen-bond acceptors (Lipinski definition) is 8. The van der Waals surface area contributed by atoms with Gasteiger partial charge >= 0.3 is 11.9 Å². The number of benzene rings is 2. The van der Waals surface area contributed by atoms with E-state index >= 15 is 0 Å². The van der Waals surface area contributed by atoms with E-state index in [9.17, 15) is 19.8 Å². The number of nitrogens with zero attached hydrogens (tertiary/aromatic N) is 8. The summed E-state index contributed by atoms with van der Waals surface area (Å²) in [5.74, 6) is 5.58. The van der Waals surface area contributed by atoms with Gasteiger partial charge < -0.3 is 19.3 Å². The van der Waals surface area contributed by atoms with Crippen LogP contribution in [0.3, 0.4) is 0 Å². The second kappa shape index (κ2) is 21.5. The molecule has 400 valence electrons. The largest absolute Gasteiger partial charge is 0.480 e. The molecule has 2 N–H and O–H groups in total. The molecule has 4 aromatic rings. The minimum atomic E-state index is -0.721. The van der Waals surface area contributed by atoms with E-state index in [4.69, 9.17) is 9.97 Å². The SMILES string of the molecule is O=C(O)CN1CCC[C@@H](c2nc3ccccc3n2C2C[C@H]3CCC[C@@H](C2)N3C2C[C@H]3CCC[C@@H](C2)C3)C1.O=C(O)CN1CCC[C@H](c2nc3ccccc3n2C2C[C@H]3CCC[C@@H](C2)N3C2C[C@H]3CCC[C@@H](C2)C3)C1. The van der Waals surface area contributed by atoms with Gasteiger partial charge in [-0.1, -0.05) is 75.6 Å². The average Bonchev–Trinajstić information content (AvgIpc) is 3.98. The molecule has 10 aliphatic rings. The first-order chi connectivity index (χ1) is 36.2. The van der Waals surface area contributed by atoms with Gasteiger partial charge in [-0.25, -0.2) is 9.97 Å². The van der Waals surface area contributed by atoms with Gasteiger partial charge in [-0.3, -0.25) is 29.2 Å². The number of imidazole rings is 2. The lowest BCUT2D eigenvalue weighted by Gasteiger charge is -2.55. The number of carbonyl (C=O) groups is 2. The molecule has 0 amide bonds. The van der Waals surface area contributed by atoms with Crippen LogP contribution < -0.4 is 0 Å². The highest BCUT2D eigenvalue weighted by molar-refractivity contribution is 5.77. The molecule has 0 spiro atoms. The average molecular weight is 1010 g/mol. The van der Waals surface area contributed by atoms with Crippen LogP contribution in [0.5, 0.6) is 0 Å². The smallest absolute Gasteiger partial charge is 0.317 e. The van der Waals surface area contributed by atoms with Crippen molar-refractivity contribution in [3.63, 3.8) is 0 Å². The molecular weight excluding hydrogens is 921 g/mol. The molecule has 4 unspecified atom stereocenters. The Morgan fingerprint density at radius 3 is 1.16 bits per heavy atom. The van der Waals surface area contributed by atoms with Crippen molar-refractivity contribution in [3.8, 4) is 0 Å². The first-order valence-electron chi connectivity index (χ1n) is 30.6. The highest BCUT2D eigenvalue weighted by Crippen LogP contribution is 2.51. The maximum absolute atomic E-state index is 11.4. The molecule has 14 rings (SSSR count). The number of likely N-dealkylation sites (tertiary alicyclic amines) is 2. The molecular formula is C62H88N8O4. The summed E-state index contributed by atoms with van der Waals surface area (Å²) >= 11 is 0. The minimum Gasteiger partial charge on any atom is -0.480 e. The lowest BCUT2D eigenvalue weighted by atomic mass is 9.68. The summed E-state index contributed by atoms with van der Waals surface area (Å²) < 4.78 is 5.28. The fraction of sp³-hybridized carbons (Fsp3) is 0.742. The van der Waals surface area contributed by atoms with Crippen molar-refractivity contribution in [1.82, 2.24) is 38.7 Å². The fourth-order valence-corrected chi connectivity index (χ4v) is 18.9. The third-order valence-corrected chi connectivity index (χ3v) is 21.5. The summed E-state index contributed by atoms with van der Waals surface area (Å²) in [4.78, 5) is 43.7. The van der Waals surface area contributed by atoms with Gasteiger partial charge in [0, 0.05) is 73.3 Å².